The lowest BCUT2D eigenvalue weighted by atomic mass is 10.1. The van der Waals surface area contributed by atoms with Crippen molar-refractivity contribution in [1.82, 2.24) is 0 Å². The van der Waals surface area contributed by atoms with Crippen molar-refractivity contribution < 1.29 is 8.42 Å². The van der Waals surface area contributed by atoms with Gasteiger partial charge < -0.3 is 0 Å². The summed E-state index contributed by atoms with van der Waals surface area (Å²) in [6, 6.07) is 4.89. The van der Waals surface area contributed by atoms with E-state index >= 15 is 0 Å². The van der Waals surface area contributed by atoms with Crippen molar-refractivity contribution in [2.24, 2.45) is 0 Å². The van der Waals surface area contributed by atoms with Gasteiger partial charge >= 0.3 is 0 Å². The molecule has 0 heterocycles. The van der Waals surface area contributed by atoms with Gasteiger partial charge in [0, 0.05) is 20.5 Å². The molecule has 7 heteroatoms. The summed E-state index contributed by atoms with van der Waals surface area (Å²) in [4.78, 5) is -0.184. The molecule has 0 saturated heterocycles. The molecule has 0 aromatic heterocycles. The minimum atomic E-state index is -3.91. The van der Waals surface area contributed by atoms with Gasteiger partial charge in [-0.15, -0.1) is 0 Å². The van der Waals surface area contributed by atoms with E-state index in [1.165, 1.54) is 6.07 Å². The summed E-state index contributed by atoms with van der Waals surface area (Å²) in [5, 5.41) is 9.35. The zero-order chi connectivity index (χ0) is 11.6. The molecule has 1 aromatic carbocycles. The molecule has 0 atom stereocenters. The molecule has 0 N–H and O–H groups in total. The summed E-state index contributed by atoms with van der Waals surface area (Å²) in [5.74, 6) is 0. The Morgan fingerprint density at radius 1 is 1.47 bits per heavy atom. The molecular formula is C8H4Br2ClNO2S. The molecule has 15 heavy (non-hydrogen) atoms. The third-order valence-electron chi connectivity index (χ3n) is 1.62. The highest BCUT2D eigenvalue weighted by molar-refractivity contribution is 9.10. The van der Waals surface area contributed by atoms with Crippen molar-refractivity contribution in [3.8, 4) is 6.07 Å². The van der Waals surface area contributed by atoms with Crippen molar-refractivity contribution in [1.29, 1.82) is 5.26 Å². The first-order chi connectivity index (χ1) is 6.90. The summed E-state index contributed by atoms with van der Waals surface area (Å²) in [6.45, 7) is 0. The van der Waals surface area contributed by atoms with Crippen LogP contribution in [-0.4, -0.2) is 8.42 Å². The molecule has 0 amide bonds. The van der Waals surface area contributed by atoms with E-state index in [4.69, 9.17) is 15.9 Å². The fourth-order valence-corrected chi connectivity index (χ4v) is 3.97. The summed E-state index contributed by atoms with van der Waals surface area (Å²) >= 11 is 6.30. The van der Waals surface area contributed by atoms with Crippen LogP contribution in [0.15, 0.2) is 21.5 Å². The number of nitrogens with zero attached hydrogens (tertiary/aromatic N) is 1. The maximum Gasteiger partial charge on any atom is 0.263 e. The molecule has 0 aliphatic rings. The highest BCUT2D eigenvalue weighted by Crippen LogP contribution is 2.30. The summed E-state index contributed by atoms with van der Waals surface area (Å²) < 4.78 is 22.7. The van der Waals surface area contributed by atoms with Gasteiger partial charge in [-0.1, -0.05) is 15.9 Å². The van der Waals surface area contributed by atoms with Crippen LogP contribution in [0.25, 0.3) is 0 Å². The Morgan fingerprint density at radius 3 is 2.47 bits per heavy atom. The Bertz CT molecular complexity index is 536. The first kappa shape index (κ1) is 13.0. The maximum atomic E-state index is 11.2. The van der Waals surface area contributed by atoms with E-state index in [1.54, 1.807) is 12.1 Å². The molecular weight excluding hydrogens is 369 g/mol. The third-order valence-corrected chi connectivity index (χ3v) is 4.55. The summed E-state index contributed by atoms with van der Waals surface area (Å²) in [5.41, 5.74) is 0.830. The van der Waals surface area contributed by atoms with Crippen LogP contribution < -0.4 is 0 Å². The van der Waals surface area contributed by atoms with Crippen molar-refractivity contribution in [2.75, 3.05) is 0 Å². The minimum absolute atomic E-state index is 0.0359. The topological polar surface area (TPSA) is 57.9 Å². The zero-order valence-electron chi connectivity index (χ0n) is 7.17. The van der Waals surface area contributed by atoms with E-state index in [0.29, 0.717) is 9.80 Å². The van der Waals surface area contributed by atoms with Gasteiger partial charge in [0.15, 0.2) is 0 Å². The number of hydrogen-bond acceptors (Lipinski definition) is 3. The zero-order valence-corrected chi connectivity index (χ0v) is 11.9. The van der Waals surface area contributed by atoms with Gasteiger partial charge in [0.2, 0.25) is 0 Å². The monoisotopic (exact) mass is 371 g/mol. The maximum absolute atomic E-state index is 11.2. The summed E-state index contributed by atoms with van der Waals surface area (Å²) in [6.07, 6.45) is 0. The summed E-state index contributed by atoms with van der Waals surface area (Å²) in [7, 11) is 1.31. The van der Waals surface area contributed by atoms with Gasteiger partial charge in [-0.3, -0.25) is 0 Å². The van der Waals surface area contributed by atoms with E-state index in [1.807, 2.05) is 0 Å². The SMILES string of the molecule is N#Cc1cc(CBr)cc(Br)c1S(=O)(=O)Cl. The molecule has 0 fully saturated rings. The predicted molar refractivity (Wildman–Crippen MR) is 64.5 cm³/mol. The van der Waals surface area contributed by atoms with Crippen molar-refractivity contribution in [3.05, 3.63) is 27.7 Å². The average Bonchev–Trinajstić information content (AvgIpc) is 2.14. The molecule has 3 nitrogen and oxygen atoms in total. The molecule has 1 rings (SSSR count). The van der Waals surface area contributed by atoms with Crippen LogP contribution in [-0.2, 0) is 14.4 Å². The quantitative estimate of drug-likeness (QED) is 0.591. The number of rotatable bonds is 2. The lowest BCUT2D eigenvalue weighted by Gasteiger charge is -2.05. The normalized spacial score (nSPS) is 11.1. The number of halogens is 3. The van der Waals surface area contributed by atoms with Crippen LogP contribution >= 0.6 is 42.5 Å². The first-order valence-corrected chi connectivity index (χ1v) is 7.85. The number of benzene rings is 1. The van der Waals surface area contributed by atoms with Gasteiger partial charge in [-0.25, -0.2) is 8.42 Å². The number of alkyl halides is 1. The molecule has 0 unspecified atom stereocenters. The fourth-order valence-electron chi connectivity index (χ4n) is 1.06. The van der Waals surface area contributed by atoms with Gasteiger partial charge in [0.05, 0.1) is 5.56 Å². The number of hydrogen-bond donors (Lipinski definition) is 0. The van der Waals surface area contributed by atoms with Crippen LogP contribution in [0.3, 0.4) is 0 Å². The second kappa shape index (κ2) is 4.83. The second-order valence-electron chi connectivity index (χ2n) is 2.64. The third kappa shape index (κ3) is 2.94. The predicted octanol–water partition coefficient (Wildman–Crippen LogP) is 3.14. The Kier molecular flexibility index (Phi) is 4.18. The molecule has 0 radical (unpaired) electrons. The van der Waals surface area contributed by atoms with E-state index in [2.05, 4.69) is 31.9 Å². The smallest absolute Gasteiger partial charge is 0.207 e. The lowest BCUT2D eigenvalue weighted by Crippen LogP contribution is -1.98. The van der Waals surface area contributed by atoms with E-state index in [9.17, 15) is 8.42 Å². The van der Waals surface area contributed by atoms with Crippen LogP contribution in [0.5, 0.6) is 0 Å². The van der Waals surface area contributed by atoms with Gasteiger partial charge in [-0.05, 0) is 33.6 Å². The standard InChI is InChI=1S/C8H4Br2ClNO2S/c9-3-5-1-6(4-12)8(7(10)2-5)15(11,13)14/h1-2H,3H2. The minimum Gasteiger partial charge on any atom is -0.207 e. The highest BCUT2D eigenvalue weighted by Gasteiger charge is 2.20. The first-order valence-electron chi connectivity index (χ1n) is 3.63. The van der Waals surface area contributed by atoms with Gasteiger partial charge in [0.1, 0.15) is 11.0 Å². The van der Waals surface area contributed by atoms with E-state index in [0.717, 1.165) is 5.56 Å². The molecule has 1 aromatic rings. The molecule has 0 saturated carbocycles. The molecule has 0 bridgehead atoms. The Hall–Kier alpha value is -0.0900. The molecule has 80 valence electrons. The second-order valence-corrected chi connectivity index (χ2v) is 6.56. The van der Waals surface area contributed by atoms with E-state index < -0.39 is 9.05 Å². The Morgan fingerprint density at radius 2 is 2.07 bits per heavy atom. The van der Waals surface area contributed by atoms with Gasteiger partial charge in [0.25, 0.3) is 9.05 Å². The number of nitriles is 1. The van der Waals surface area contributed by atoms with Crippen LogP contribution in [0.2, 0.25) is 0 Å². The van der Waals surface area contributed by atoms with Crippen molar-refractivity contribution in [3.63, 3.8) is 0 Å². The van der Waals surface area contributed by atoms with Crippen LogP contribution in [0.1, 0.15) is 11.1 Å². The van der Waals surface area contributed by atoms with Crippen molar-refractivity contribution >= 4 is 51.6 Å². The lowest BCUT2D eigenvalue weighted by molar-refractivity contribution is 0.609. The van der Waals surface area contributed by atoms with E-state index in [-0.39, 0.29) is 10.5 Å². The largest absolute Gasteiger partial charge is 0.263 e. The molecule has 0 aliphatic heterocycles. The Labute approximate surface area is 109 Å². The fraction of sp³-hybridized carbons (Fsp3) is 0.125. The average molecular weight is 373 g/mol. The van der Waals surface area contributed by atoms with Gasteiger partial charge in [-0.2, -0.15) is 5.26 Å². The molecule has 0 aliphatic carbocycles. The highest BCUT2D eigenvalue weighted by atomic mass is 79.9. The Balaban J connectivity index is 3.61. The molecule has 0 spiro atoms. The van der Waals surface area contributed by atoms with Crippen molar-refractivity contribution in [2.45, 2.75) is 10.2 Å². The van der Waals surface area contributed by atoms with Crippen LogP contribution in [0, 0.1) is 11.3 Å². The van der Waals surface area contributed by atoms with Crippen LogP contribution in [0.4, 0.5) is 0 Å².